The van der Waals surface area contributed by atoms with Gasteiger partial charge in [0.2, 0.25) is 19.7 Å². The molecule has 0 N–H and O–H groups in total. The number of nitrogens with zero attached hydrogens (tertiary/aromatic N) is 5. The van der Waals surface area contributed by atoms with Crippen molar-refractivity contribution in [3.63, 3.8) is 0 Å². The third-order valence-corrected chi connectivity index (χ3v) is 16.9. The smallest absolute Gasteiger partial charge is 0.207 e. The Balaban J connectivity index is 1.23. The maximum absolute atomic E-state index is 14.1. The second-order valence-electron chi connectivity index (χ2n) is 17.1. The highest BCUT2D eigenvalue weighted by atomic mass is 32.2. The number of benzene rings is 8. The first-order valence-electron chi connectivity index (χ1n) is 22.1. The molecule has 0 aliphatic heterocycles. The molecule has 9 nitrogen and oxygen atoms in total. The molecule has 1 atom stereocenters. The summed E-state index contributed by atoms with van der Waals surface area (Å²) in [5, 5.41) is 25.7. The maximum Gasteiger partial charge on any atom is 0.207 e. The van der Waals surface area contributed by atoms with Crippen LogP contribution in [0.15, 0.2) is 208 Å². The zero-order valence-electron chi connectivity index (χ0n) is 36.4. The molecule has 0 saturated carbocycles. The normalized spacial score (nSPS) is 14.3. The van der Waals surface area contributed by atoms with E-state index in [4.69, 9.17) is 0 Å². The van der Waals surface area contributed by atoms with Crippen molar-refractivity contribution in [3.05, 3.63) is 199 Å². The van der Waals surface area contributed by atoms with Crippen molar-refractivity contribution in [2.24, 2.45) is 5.92 Å². The molecule has 8 aromatic carbocycles. The Labute approximate surface area is 391 Å². The van der Waals surface area contributed by atoms with Crippen LogP contribution in [-0.2, 0) is 19.7 Å². The molecule has 12 rings (SSSR count). The minimum Gasteiger partial charge on any atom is -0.309 e. The molecule has 3 aromatic heterocycles. The van der Waals surface area contributed by atoms with E-state index >= 15 is 0 Å². The van der Waals surface area contributed by atoms with Crippen LogP contribution < -0.4 is 0 Å². The lowest BCUT2D eigenvalue weighted by Crippen LogP contribution is -2.05. The van der Waals surface area contributed by atoms with Crippen molar-refractivity contribution in [2.45, 2.75) is 32.9 Å². The van der Waals surface area contributed by atoms with E-state index in [1.165, 1.54) is 24.3 Å². The van der Waals surface area contributed by atoms with E-state index in [1.807, 2.05) is 60.7 Å². The van der Waals surface area contributed by atoms with Crippen molar-refractivity contribution in [1.29, 1.82) is 10.5 Å². The number of aromatic nitrogens is 3. The summed E-state index contributed by atoms with van der Waals surface area (Å²) in [5.74, 6) is 0.295. The van der Waals surface area contributed by atoms with Gasteiger partial charge in [-0.25, -0.2) is 16.8 Å². The van der Waals surface area contributed by atoms with Gasteiger partial charge in [-0.05, 0) is 109 Å². The first kappa shape index (κ1) is 41.0. The predicted molar refractivity (Wildman–Crippen MR) is 269 cm³/mol. The Hall–Kier alpha value is -8.48. The molecule has 1 unspecified atom stereocenters. The Morgan fingerprint density at radius 2 is 0.838 bits per heavy atom. The van der Waals surface area contributed by atoms with Gasteiger partial charge in [-0.3, -0.25) is 0 Å². The van der Waals surface area contributed by atoms with E-state index in [-0.39, 0.29) is 30.7 Å². The molecular weight excluding hydrogens is 883 g/mol. The molecule has 0 spiro atoms. The largest absolute Gasteiger partial charge is 0.309 e. The molecule has 0 bridgehead atoms. The summed E-state index contributed by atoms with van der Waals surface area (Å²) in [6.07, 6.45) is 7.68. The number of rotatable bonds is 7. The first-order valence-corrected chi connectivity index (χ1v) is 25.1. The average Bonchev–Trinajstić information content (AvgIpc) is 4.02. The lowest BCUT2D eigenvalue weighted by atomic mass is 10.0. The van der Waals surface area contributed by atoms with Gasteiger partial charge >= 0.3 is 0 Å². The summed E-state index contributed by atoms with van der Waals surface area (Å²) >= 11 is 0. The van der Waals surface area contributed by atoms with Gasteiger partial charge in [-0.15, -0.1) is 0 Å². The molecular formula is C57H37N5O4S2. The highest BCUT2D eigenvalue weighted by Crippen LogP contribution is 2.50. The van der Waals surface area contributed by atoms with Crippen LogP contribution in [0.1, 0.15) is 24.5 Å². The third-order valence-electron chi connectivity index (χ3n) is 13.2. The van der Waals surface area contributed by atoms with Gasteiger partial charge in [0.15, 0.2) is 0 Å². The van der Waals surface area contributed by atoms with Crippen LogP contribution in [0.2, 0.25) is 0 Å². The molecule has 0 fully saturated rings. The van der Waals surface area contributed by atoms with Crippen molar-refractivity contribution >= 4 is 90.8 Å². The summed E-state index contributed by atoms with van der Waals surface area (Å²) in [7, 11) is -8.09. The summed E-state index contributed by atoms with van der Waals surface area (Å²) in [6.45, 7) is 2.22. The fourth-order valence-electron chi connectivity index (χ4n) is 10.3. The second kappa shape index (κ2) is 15.3. The van der Waals surface area contributed by atoms with Crippen LogP contribution in [0, 0.1) is 28.6 Å². The van der Waals surface area contributed by atoms with Gasteiger partial charge in [0.05, 0.1) is 63.8 Å². The Kier molecular flexibility index (Phi) is 9.22. The van der Waals surface area contributed by atoms with Crippen LogP contribution in [0.25, 0.3) is 82.5 Å². The highest BCUT2D eigenvalue weighted by molar-refractivity contribution is 7.91. The van der Waals surface area contributed by atoms with Crippen molar-refractivity contribution < 1.29 is 16.8 Å². The molecule has 0 amide bonds. The molecule has 11 heteroatoms. The Bertz CT molecular complexity index is 4190. The van der Waals surface area contributed by atoms with Crippen LogP contribution in [0.5, 0.6) is 0 Å². The van der Waals surface area contributed by atoms with E-state index in [0.717, 1.165) is 88.9 Å². The SMILES string of the molecule is CC1C=C(n2c3ccccc3c3c2c2c4ccccc4n(-c4ccc(S(=O)(=O)c5ccccc5C#N)cc4)c2c2c4ccccc4n(-c4ccc(S(=O)(=O)c5ccccc5C#N)cc4)c32)C=CC1. The van der Waals surface area contributed by atoms with Crippen LogP contribution in [0.4, 0.5) is 0 Å². The fourth-order valence-corrected chi connectivity index (χ4v) is 13.1. The standard InChI is InChI=1S/C57H37N5O4S2/c1-36-13-12-16-41(33-36)62-49-22-9-6-19-46(49)54-56-52(44-17-4-7-20-47(44)60(56)39-25-29-42(30-26-39)67(63,64)50-23-10-2-14-37(50)34-58)55-53(57(54)62)45-18-5-8-21-48(45)61(55)40-27-31-43(32-28-40)68(65,66)51-24-11-3-15-38(51)35-59/h2-12,14-33,36H,13H2,1H3. The number of hydrogen-bond acceptors (Lipinski definition) is 6. The second-order valence-corrected chi connectivity index (χ2v) is 21.0. The third kappa shape index (κ3) is 5.90. The highest BCUT2D eigenvalue weighted by Gasteiger charge is 2.30. The summed E-state index contributed by atoms with van der Waals surface area (Å²) < 4.78 is 63.2. The van der Waals surface area contributed by atoms with Crippen LogP contribution in [-0.4, -0.2) is 30.5 Å². The van der Waals surface area contributed by atoms with Crippen molar-refractivity contribution in [1.82, 2.24) is 13.7 Å². The van der Waals surface area contributed by atoms with E-state index < -0.39 is 19.7 Å². The minimum atomic E-state index is -4.04. The van der Waals surface area contributed by atoms with Crippen LogP contribution >= 0.6 is 0 Å². The van der Waals surface area contributed by atoms with Gasteiger partial charge in [-0.2, -0.15) is 10.5 Å². The van der Waals surface area contributed by atoms with Gasteiger partial charge in [0, 0.05) is 49.4 Å². The van der Waals surface area contributed by atoms with Gasteiger partial charge in [0.1, 0.15) is 12.1 Å². The number of sulfone groups is 2. The molecule has 326 valence electrons. The molecule has 1 aliphatic carbocycles. The maximum atomic E-state index is 14.1. The van der Waals surface area contributed by atoms with E-state index in [1.54, 1.807) is 48.5 Å². The zero-order valence-corrected chi connectivity index (χ0v) is 38.0. The summed E-state index contributed by atoms with van der Waals surface area (Å²) in [5.41, 5.74) is 8.36. The molecule has 0 saturated heterocycles. The zero-order chi connectivity index (χ0) is 46.5. The molecule has 68 heavy (non-hydrogen) atoms. The quantitative estimate of drug-likeness (QED) is 0.156. The van der Waals surface area contributed by atoms with Gasteiger partial charge in [0.25, 0.3) is 0 Å². The van der Waals surface area contributed by atoms with E-state index in [9.17, 15) is 27.4 Å². The number of para-hydroxylation sites is 3. The first-order chi connectivity index (χ1) is 33.1. The number of hydrogen-bond donors (Lipinski definition) is 0. The van der Waals surface area contributed by atoms with Gasteiger partial charge in [-0.1, -0.05) is 97.9 Å². The van der Waals surface area contributed by atoms with Crippen molar-refractivity contribution in [3.8, 4) is 23.5 Å². The molecule has 1 aliphatic rings. The molecule has 11 aromatic rings. The monoisotopic (exact) mass is 919 g/mol. The van der Waals surface area contributed by atoms with E-state index in [2.05, 4.69) is 87.4 Å². The lowest BCUT2D eigenvalue weighted by molar-refractivity contribution is 0.594. The predicted octanol–water partition coefficient (Wildman–Crippen LogP) is 12.8. The number of fused-ring (bicyclic) bond motifs is 12. The lowest BCUT2D eigenvalue weighted by Gasteiger charge is -2.17. The molecule has 0 radical (unpaired) electrons. The summed E-state index contributed by atoms with van der Waals surface area (Å²) in [6, 6.07) is 55.3. The van der Waals surface area contributed by atoms with E-state index in [0.29, 0.717) is 5.92 Å². The van der Waals surface area contributed by atoms with Crippen molar-refractivity contribution in [2.75, 3.05) is 0 Å². The topological polar surface area (TPSA) is 131 Å². The molecule has 3 heterocycles. The fraction of sp³-hybridized carbons (Fsp3) is 0.0526. The average molecular weight is 920 g/mol. The van der Waals surface area contributed by atoms with Gasteiger partial charge < -0.3 is 13.7 Å². The number of allylic oxidation sites excluding steroid dienone is 4. The Morgan fingerprint density at radius 1 is 0.471 bits per heavy atom. The summed E-state index contributed by atoms with van der Waals surface area (Å²) in [4.78, 5) is 0.0473. The Morgan fingerprint density at radius 3 is 1.25 bits per heavy atom. The number of nitriles is 2. The minimum absolute atomic E-state index is 0.0464. The van der Waals surface area contributed by atoms with Crippen LogP contribution in [0.3, 0.4) is 0 Å².